The second-order valence-corrected chi connectivity index (χ2v) is 1.36. The molecule has 42 valence electrons. The molecule has 1 aliphatic rings. The maximum absolute atomic E-state index is 11.8. The van der Waals surface area contributed by atoms with Gasteiger partial charge in [-0.25, -0.2) is 4.39 Å². The Hall–Kier alpha value is -0.150. The Kier molecular flexibility index (Phi) is 1.59. The average Bonchev–Trinajstić information content (AvgIpc) is 1.69. The van der Waals surface area contributed by atoms with Crippen LogP contribution in [0.5, 0.6) is 0 Å². The molecule has 0 aromatic carbocycles. The van der Waals surface area contributed by atoms with Crippen molar-refractivity contribution in [2.45, 2.75) is 6.36 Å². The normalized spacial score (nSPS) is 33.0. The van der Waals surface area contributed by atoms with Crippen molar-refractivity contribution in [1.82, 2.24) is 0 Å². The minimum atomic E-state index is -1.19. The van der Waals surface area contributed by atoms with E-state index in [1.165, 1.54) is 0 Å². The minimum Gasteiger partial charge on any atom is -0.373 e. The Labute approximate surface area is 41.2 Å². The SMILES string of the molecule is FC1COCCO1. The number of alkyl halides is 1. The largest absolute Gasteiger partial charge is 0.373 e. The summed E-state index contributed by atoms with van der Waals surface area (Å²) in [5, 5.41) is 0. The molecule has 0 N–H and O–H groups in total. The minimum absolute atomic E-state index is 0.0972. The van der Waals surface area contributed by atoms with Gasteiger partial charge in [0.15, 0.2) is 0 Å². The average molecular weight is 106 g/mol. The second-order valence-electron chi connectivity index (χ2n) is 1.36. The number of ether oxygens (including phenoxy) is 2. The molecule has 2 nitrogen and oxygen atoms in total. The van der Waals surface area contributed by atoms with Crippen molar-refractivity contribution < 1.29 is 13.9 Å². The summed E-state index contributed by atoms with van der Waals surface area (Å²) in [5.41, 5.74) is 0. The van der Waals surface area contributed by atoms with Crippen LogP contribution < -0.4 is 0 Å². The molecule has 0 bridgehead atoms. The van der Waals surface area contributed by atoms with Crippen LogP contribution in [-0.2, 0) is 9.47 Å². The van der Waals surface area contributed by atoms with Crippen LogP contribution in [0.2, 0.25) is 0 Å². The van der Waals surface area contributed by atoms with Crippen LogP contribution in [0.25, 0.3) is 0 Å². The second kappa shape index (κ2) is 2.23. The highest BCUT2D eigenvalue weighted by molar-refractivity contribution is 4.44. The van der Waals surface area contributed by atoms with Crippen LogP contribution >= 0.6 is 0 Å². The molecule has 1 heterocycles. The summed E-state index contributed by atoms with van der Waals surface area (Å²) < 4.78 is 21.0. The monoisotopic (exact) mass is 106 g/mol. The lowest BCUT2D eigenvalue weighted by Gasteiger charge is -2.15. The van der Waals surface area contributed by atoms with E-state index in [0.29, 0.717) is 13.2 Å². The Morgan fingerprint density at radius 2 is 2.29 bits per heavy atom. The fraction of sp³-hybridized carbons (Fsp3) is 1.00. The molecule has 3 heteroatoms. The summed E-state index contributed by atoms with van der Waals surface area (Å²) in [6.07, 6.45) is -1.19. The quantitative estimate of drug-likeness (QED) is 0.443. The first kappa shape index (κ1) is 5.00. The highest BCUT2D eigenvalue weighted by Gasteiger charge is 2.10. The third-order valence-electron chi connectivity index (χ3n) is 0.775. The van der Waals surface area contributed by atoms with Gasteiger partial charge in [-0.1, -0.05) is 0 Å². The van der Waals surface area contributed by atoms with E-state index in [9.17, 15) is 4.39 Å². The van der Waals surface area contributed by atoms with Crippen LogP contribution in [0.1, 0.15) is 0 Å². The van der Waals surface area contributed by atoms with Gasteiger partial charge >= 0.3 is 0 Å². The number of rotatable bonds is 0. The van der Waals surface area contributed by atoms with E-state index in [1.807, 2.05) is 0 Å². The van der Waals surface area contributed by atoms with Crippen molar-refractivity contribution in [1.29, 1.82) is 0 Å². The van der Waals surface area contributed by atoms with Gasteiger partial charge in [-0.15, -0.1) is 0 Å². The molecule has 0 radical (unpaired) electrons. The lowest BCUT2D eigenvalue weighted by atomic mass is 10.6. The first-order chi connectivity index (χ1) is 3.39. The summed E-state index contributed by atoms with van der Waals surface area (Å²) in [7, 11) is 0. The molecule has 1 unspecified atom stereocenters. The summed E-state index contributed by atoms with van der Waals surface area (Å²) >= 11 is 0. The molecule has 1 rings (SSSR count). The zero-order chi connectivity index (χ0) is 5.11. The fourth-order valence-corrected chi connectivity index (χ4v) is 0.459. The van der Waals surface area contributed by atoms with Crippen molar-refractivity contribution >= 4 is 0 Å². The summed E-state index contributed by atoms with van der Waals surface area (Å²) in [4.78, 5) is 0. The maximum Gasteiger partial charge on any atom is 0.222 e. The fourth-order valence-electron chi connectivity index (χ4n) is 0.459. The van der Waals surface area contributed by atoms with E-state index in [0.717, 1.165) is 0 Å². The molecule has 0 aromatic heterocycles. The van der Waals surface area contributed by atoms with E-state index in [-0.39, 0.29) is 6.61 Å². The molecular formula is C4H7FO2. The Balaban J connectivity index is 2.12. The van der Waals surface area contributed by atoms with E-state index in [1.54, 1.807) is 0 Å². The van der Waals surface area contributed by atoms with Gasteiger partial charge in [-0.3, -0.25) is 0 Å². The summed E-state index contributed by atoms with van der Waals surface area (Å²) in [6.45, 7) is 1.02. The van der Waals surface area contributed by atoms with Gasteiger partial charge in [0.05, 0.1) is 13.2 Å². The van der Waals surface area contributed by atoms with Gasteiger partial charge in [0.25, 0.3) is 0 Å². The first-order valence-electron chi connectivity index (χ1n) is 2.23. The zero-order valence-corrected chi connectivity index (χ0v) is 3.89. The van der Waals surface area contributed by atoms with Crippen LogP contribution in [0.3, 0.4) is 0 Å². The van der Waals surface area contributed by atoms with Crippen LogP contribution in [0.4, 0.5) is 4.39 Å². The smallest absolute Gasteiger partial charge is 0.222 e. The molecule has 0 spiro atoms. The van der Waals surface area contributed by atoms with Crippen molar-refractivity contribution in [3.05, 3.63) is 0 Å². The molecule has 0 aliphatic carbocycles. The lowest BCUT2D eigenvalue weighted by Crippen LogP contribution is -2.24. The Morgan fingerprint density at radius 3 is 2.57 bits per heavy atom. The van der Waals surface area contributed by atoms with Crippen LogP contribution in [-0.4, -0.2) is 26.2 Å². The third kappa shape index (κ3) is 1.41. The maximum atomic E-state index is 11.8. The summed E-state index contributed by atoms with van der Waals surface area (Å²) in [6, 6.07) is 0. The molecular weight excluding hydrogens is 99.0 g/mol. The highest BCUT2D eigenvalue weighted by atomic mass is 19.1. The van der Waals surface area contributed by atoms with Gasteiger partial charge in [0, 0.05) is 0 Å². The molecule has 1 fully saturated rings. The summed E-state index contributed by atoms with van der Waals surface area (Å²) in [5.74, 6) is 0. The number of halogens is 1. The molecule has 1 atom stereocenters. The van der Waals surface area contributed by atoms with E-state index < -0.39 is 6.36 Å². The Bertz CT molecular complexity index is 51.7. The predicted molar refractivity (Wildman–Crippen MR) is 21.7 cm³/mol. The number of hydrogen-bond acceptors (Lipinski definition) is 2. The van der Waals surface area contributed by atoms with Crippen molar-refractivity contribution in [3.8, 4) is 0 Å². The lowest BCUT2D eigenvalue weighted by molar-refractivity contribution is -0.145. The van der Waals surface area contributed by atoms with Gasteiger partial charge in [-0.2, -0.15) is 0 Å². The van der Waals surface area contributed by atoms with Crippen LogP contribution in [0, 0.1) is 0 Å². The zero-order valence-electron chi connectivity index (χ0n) is 3.89. The van der Waals surface area contributed by atoms with Gasteiger partial charge in [-0.05, 0) is 0 Å². The number of hydrogen-bond donors (Lipinski definition) is 0. The van der Waals surface area contributed by atoms with Crippen molar-refractivity contribution in [2.24, 2.45) is 0 Å². The van der Waals surface area contributed by atoms with Crippen molar-refractivity contribution in [2.75, 3.05) is 19.8 Å². The predicted octanol–water partition coefficient (Wildman–Crippen LogP) is 0.329. The van der Waals surface area contributed by atoms with Gasteiger partial charge < -0.3 is 9.47 Å². The van der Waals surface area contributed by atoms with E-state index in [2.05, 4.69) is 9.47 Å². The van der Waals surface area contributed by atoms with Gasteiger partial charge in [0.2, 0.25) is 6.36 Å². The van der Waals surface area contributed by atoms with E-state index >= 15 is 0 Å². The Morgan fingerprint density at radius 1 is 1.43 bits per heavy atom. The molecule has 0 aromatic rings. The molecule has 1 aliphatic heterocycles. The van der Waals surface area contributed by atoms with E-state index in [4.69, 9.17) is 0 Å². The molecule has 7 heavy (non-hydrogen) atoms. The highest BCUT2D eigenvalue weighted by Crippen LogP contribution is 1.99. The topological polar surface area (TPSA) is 18.5 Å². The molecule has 0 amide bonds. The van der Waals surface area contributed by atoms with Gasteiger partial charge in [0.1, 0.15) is 6.61 Å². The van der Waals surface area contributed by atoms with Crippen LogP contribution in [0.15, 0.2) is 0 Å². The third-order valence-corrected chi connectivity index (χ3v) is 0.775. The van der Waals surface area contributed by atoms with Crippen molar-refractivity contribution in [3.63, 3.8) is 0 Å². The first-order valence-corrected chi connectivity index (χ1v) is 2.23. The molecule has 0 saturated carbocycles. The molecule has 1 saturated heterocycles. The standard InChI is InChI=1S/C4H7FO2/c5-4-3-6-1-2-7-4/h4H,1-3H2.